The van der Waals surface area contributed by atoms with Gasteiger partial charge in [0.05, 0.1) is 7.11 Å². The van der Waals surface area contributed by atoms with Gasteiger partial charge in [0.25, 0.3) is 11.9 Å². The van der Waals surface area contributed by atoms with Crippen molar-refractivity contribution in [3.63, 3.8) is 0 Å². The van der Waals surface area contributed by atoms with E-state index in [2.05, 4.69) is 0 Å². The van der Waals surface area contributed by atoms with E-state index in [0.717, 1.165) is 13.8 Å². The van der Waals surface area contributed by atoms with E-state index in [9.17, 15) is 0 Å². The molecule has 108 valence electrons. The van der Waals surface area contributed by atoms with E-state index in [1.54, 1.807) is 31.4 Å². The van der Waals surface area contributed by atoms with Crippen molar-refractivity contribution in [2.24, 2.45) is 0 Å². The standard InChI is InChI=1S/C8H10O3.2C2H4O2/c1-11-7-4-2-6(3-5-7)8(9)10;2*1-2(3)4/h2-5,8-10H,1H3;2*1H3,(H,3,4). The summed E-state index contributed by atoms with van der Waals surface area (Å²) >= 11 is 0. The minimum absolute atomic E-state index is 0.464. The van der Waals surface area contributed by atoms with Crippen LogP contribution in [0.5, 0.6) is 5.75 Å². The molecule has 0 unspecified atom stereocenters. The van der Waals surface area contributed by atoms with E-state index in [4.69, 9.17) is 34.8 Å². The van der Waals surface area contributed by atoms with Gasteiger partial charge in [0.1, 0.15) is 5.75 Å². The fourth-order valence-corrected chi connectivity index (χ4v) is 0.776. The molecule has 0 aliphatic rings. The van der Waals surface area contributed by atoms with Gasteiger partial charge in [0.15, 0.2) is 6.29 Å². The Morgan fingerprint density at radius 1 is 1.00 bits per heavy atom. The Morgan fingerprint density at radius 2 is 1.32 bits per heavy atom. The van der Waals surface area contributed by atoms with Crippen LogP contribution in [0.25, 0.3) is 0 Å². The number of benzene rings is 1. The predicted molar refractivity (Wildman–Crippen MR) is 66.8 cm³/mol. The summed E-state index contributed by atoms with van der Waals surface area (Å²) in [5, 5.41) is 32.2. The van der Waals surface area contributed by atoms with E-state index in [0.29, 0.717) is 11.3 Å². The average Bonchev–Trinajstić information content (AvgIpc) is 2.27. The Hall–Kier alpha value is -2.12. The lowest BCUT2D eigenvalue weighted by molar-refractivity contribution is -0.135. The molecule has 0 aliphatic carbocycles. The van der Waals surface area contributed by atoms with Crippen molar-refractivity contribution >= 4 is 11.9 Å². The summed E-state index contributed by atoms with van der Waals surface area (Å²) in [7, 11) is 1.56. The first-order valence-corrected chi connectivity index (χ1v) is 5.09. The molecule has 0 aromatic heterocycles. The van der Waals surface area contributed by atoms with Crippen molar-refractivity contribution in [3.05, 3.63) is 29.8 Å². The number of methoxy groups -OCH3 is 1. The third kappa shape index (κ3) is 15.9. The van der Waals surface area contributed by atoms with Gasteiger partial charge in [-0.15, -0.1) is 0 Å². The summed E-state index contributed by atoms with van der Waals surface area (Å²) in [4.78, 5) is 18.0. The van der Waals surface area contributed by atoms with E-state index in [1.807, 2.05) is 0 Å². The summed E-state index contributed by atoms with van der Waals surface area (Å²) in [6, 6.07) is 6.55. The largest absolute Gasteiger partial charge is 0.497 e. The maximum Gasteiger partial charge on any atom is 0.300 e. The number of aliphatic carboxylic acids is 2. The molecule has 0 heterocycles. The van der Waals surface area contributed by atoms with Gasteiger partial charge in [-0.2, -0.15) is 0 Å². The molecule has 0 saturated carbocycles. The first kappa shape index (κ1) is 19.2. The lowest BCUT2D eigenvalue weighted by Gasteiger charge is -2.03. The second-order valence-corrected chi connectivity index (χ2v) is 3.18. The van der Waals surface area contributed by atoms with Gasteiger partial charge in [-0.1, -0.05) is 12.1 Å². The van der Waals surface area contributed by atoms with Gasteiger partial charge < -0.3 is 25.2 Å². The van der Waals surface area contributed by atoms with Crippen LogP contribution < -0.4 is 4.74 Å². The molecular formula is C12H18O7. The summed E-state index contributed by atoms with van der Waals surface area (Å²) < 4.78 is 4.89. The third-order valence-electron chi connectivity index (χ3n) is 1.41. The fourth-order valence-electron chi connectivity index (χ4n) is 0.776. The Bertz CT molecular complexity index is 350. The number of aliphatic hydroxyl groups excluding tert-OH is 1. The van der Waals surface area contributed by atoms with Gasteiger partial charge in [-0.05, 0) is 12.1 Å². The number of ether oxygens (including phenoxy) is 1. The van der Waals surface area contributed by atoms with Crippen molar-refractivity contribution in [1.29, 1.82) is 0 Å². The minimum atomic E-state index is -1.40. The number of carboxylic acids is 2. The van der Waals surface area contributed by atoms with Crippen molar-refractivity contribution in [2.75, 3.05) is 7.11 Å². The molecule has 7 nitrogen and oxygen atoms in total. The van der Waals surface area contributed by atoms with Gasteiger partial charge >= 0.3 is 0 Å². The molecule has 19 heavy (non-hydrogen) atoms. The summed E-state index contributed by atoms with van der Waals surface area (Å²) in [6.45, 7) is 2.17. The van der Waals surface area contributed by atoms with Gasteiger partial charge in [-0.3, -0.25) is 9.59 Å². The Balaban J connectivity index is 0. The van der Waals surface area contributed by atoms with Gasteiger partial charge in [0.2, 0.25) is 0 Å². The quantitative estimate of drug-likeness (QED) is 0.589. The number of hydrogen-bond acceptors (Lipinski definition) is 5. The number of carbonyl (C=O) groups is 2. The van der Waals surface area contributed by atoms with Crippen LogP contribution in [-0.4, -0.2) is 39.5 Å². The molecule has 0 atom stereocenters. The number of carboxylic acid groups (broad SMARTS) is 2. The van der Waals surface area contributed by atoms with Crippen LogP contribution in [0.4, 0.5) is 0 Å². The lowest BCUT2D eigenvalue weighted by atomic mass is 10.2. The van der Waals surface area contributed by atoms with Crippen molar-refractivity contribution in [3.8, 4) is 5.75 Å². The second kappa shape index (κ2) is 11.0. The maximum absolute atomic E-state index is 9.00. The summed E-state index contributed by atoms with van der Waals surface area (Å²) in [5.41, 5.74) is 0.464. The third-order valence-corrected chi connectivity index (χ3v) is 1.41. The topological polar surface area (TPSA) is 124 Å². The van der Waals surface area contributed by atoms with Crippen LogP contribution in [0.3, 0.4) is 0 Å². The van der Waals surface area contributed by atoms with Crippen LogP contribution in [0.2, 0.25) is 0 Å². The Labute approximate surface area is 110 Å². The number of rotatable bonds is 2. The first-order chi connectivity index (χ1) is 8.70. The zero-order chi connectivity index (χ0) is 15.4. The average molecular weight is 274 g/mol. The smallest absolute Gasteiger partial charge is 0.300 e. The van der Waals surface area contributed by atoms with Crippen LogP contribution >= 0.6 is 0 Å². The number of hydrogen-bond donors (Lipinski definition) is 4. The SMILES string of the molecule is CC(=O)O.CC(=O)O.COc1ccc(C(O)O)cc1. The molecule has 0 fully saturated rings. The first-order valence-electron chi connectivity index (χ1n) is 5.09. The maximum atomic E-state index is 9.00. The van der Waals surface area contributed by atoms with E-state index in [1.165, 1.54) is 0 Å². The second-order valence-electron chi connectivity index (χ2n) is 3.18. The van der Waals surface area contributed by atoms with E-state index < -0.39 is 18.2 Å². The zero-order valence-corrected chi connectivity index (χ0v) is 10.9. The zero-order valence-electron chi connectivity index (χ0n) is 10.9. The molecule has 1 rings (SSSR count). The normalized spacial score (nSPS) is 8.53. The molecule has 0 spiro atoms. The molecule has 0 bridgehead atoms. The van der Waals surface area contributed by atoms with Crippen molar-refractivity contribution in [2.45, 2.75) is 20.1 Å². The van der Waals surface area contributed by atoms with Crippen molar-refractivity contribution in [1.82, 2.24) is 0 Å². The molecule has 0 amide bonds. The minimum Gasteiger partial charge on any atom is -0.497 e. The van der Waals surface area contributed by atoms with Gasteiger partial charge in [-0.25, -0.2) is 0 Å². The van der Waals surface area contributed by atoms with E-state index >= 15 is 0 Å². The Morgan fingerprint density at radius 3 is 1.53 bits per heavy atom. The molecule has 0 saturated heterocycles. The van der Waals surface area contributed by atoms with Crippen LogP contribution in [-0.2, 0) is 9.59 Å². The molecular weight excluding hydrogens is 256 g/mol. The molecule has 1 aromatic rings. The molecule has 4 N–H and O–H groups in total. The molecule has 0 radical (unpaired) electrons. The molecule has 7 heteroatoms. The van der Waals surface area contributed by atoms with Crippen LogP contribution in [0.15, 0.2) is 24.3 Å². The van der Waals surface area contributed by atoms with E-state index in [-0.39, 0.29) is 0 Å². The summed E-state index contributed by atoms with van der Waals surface area (Å²) in [6.07, 6.45) is -1.40. The fraction of sp³-hybridized carbons (Fsp3) is 0.333. The molecule has 0 aliphatic heterocycles. The number of aliphatic hydroxyl groups is 2. The highest BCUT2D eigenvalue weighted by molar-refractivity contribution is 5.63. The van der Waals surface area contributed by atoms with Crippen LogP contribution in [0, 0.1) is 0 Å². The van der Waals surface area contributed by atoms with Gasteiger partial charge in [0, 0.05) is 19.4 Å². The summed E-state index contributed by atoms with van der Waals surface area (Å²) in [5.74, 6) is -0.964. The highest BCUT2D eigenvalue weighted by Crippen LogP contribution is 2.15. The Kier molecular flexibility index (Phi) is 11.1. The monoisotopic (exact) mass is 274 g/mol. The highest BCUT2D eigenvalue weighted by Gasteiger charge is 2.00. The highest BCUT2D eigenvalue weighted by atomic mass is 16.5. The van der Waals surface area contributed by atoms with Crippen molar-refractivity contribution < 1.29 is 34.8 Å². The predicted octanol–water partition coefficient (Wildman–Crippen LogP) is 0.860. The van der Waals surface area contributed by atoms with Crippen LogP contribution in [0.1, 0.15) is 25.7 Å². The molecule has 1 aromatic carbocycles. The lowest BCUT2D eigenvalue weighted by Crippen LogP contribution is -1.93.